The number of benzene rings is 2. The van der Waals surface area contributed by atoms with Gasteiger partial charge in [-0.1, -0.05) is 12.1 Å². The predicted molar refractivity (Wildman–Crippen MR) is 90.8 cm³/mol. The van der Waals surface area contributed by atoms with Gasteiger partial charge in [-0.3, -0.25) is 4.79 Å². The van der Waals surface area contributed by atoms with E-state index in [4.69, 9.17) is 5.73 Å². The number of hydrogen-bond donors (Lipinski definition) is 3. The molecule has 1 amide bonds. The molecule has 2 aromatic rings. The van der Waals surface area contributed by atoms with Crippen LogP contribution in [-0.4, -0.2) is 36.7 Å². The van der Waals surface area contributed by atoms with Crippen LogP contribution in [0.2, 0.25) is 0 Å². The van der Waals surface area contributed by atoms with Gasteiger partial charge in [0.2, 0.25) is 5.91 Å². The SMILES string of the molecule is NC(=O)c1ccc(N2CCNCC2Cc2ccc(O)cc2)cc1. The van der Waals surface area contributed by atoms with Gasteiger partial charge < -0.3 is 21.1 Å². The minimum atomic E-state index is -0.405. The standard InChI is InChI=1S/C18H21N3O2/c19-18(23)14-3-5-15(6-4-14)21-10-9-20-12-16(21)11-13-1-7-17(22)8-2-13/h1-8,16,20,22H,9-12H2,(H2,19,23). The molecule has 0 spiro atoms. The third kappa shape index (κ3) is 3.63. The van der Waals surface area contributed by atoms with Crippen LogP contribution in [0.15, 0.2) is 48.5 Å². The number of anilines is 1. The van der Waals surface area contributed by atoms with Crippen LogP contribution < -0.4 is 16.0 Å². The van der Waals surface area contributed by atoms with E-state index < -0.39 is 5.91 Å². The van der Waals surface area contributed by atoms with Crippen LogP contribution in [0.5, 0.6) is 5.75 Å². The highest BCUT2D eigenvalue weighted by molar-refractivity contribution is 5.93. The van der Waals surface area contributed by atoms with Crippen molar-refractivity contribution in [1.82, 2.24) is 5.32 Å². The lowest BCUT2D eigenvalue weighted by atomic mass is 10.0. The summed E-state index contributed by atoms with van der Waals surface area (Å²) in [7, 11) is 0. The van der Waals surface area contributed by atoms with Crippen molar-refractivity contribution in [1.29, 1.82) is 0 Å². The Morgan fingerprint density at radius 2 is 1.87 bits per heavy atom. The summed E-state index contributed by atoms with van der Waals surface area (Å²) < 4.78 is 0. The van der Waals surface area contributed by atoms with Crippen molar-refractivity contribution in [3.63, 3.8) is 0 Å². The lowest BCUT2D eigenvalue weighted by Crippen LogP contribution is -2.52. The van der Waals surface area contributed by atoms with Crippen LogP contribution in [0.1, 0.15) is 15.9 Å². The van der Waals surface area contributed by atoms with E-state index in [0.29, 0.717) is 11.6 Å². The van der Waals surface area contributed by atoms with Crippen LogP contribution in [-0.2, 0) is 6.42 Å². The second kappa shape index (κ2) is 6.71. The highest BCUT2D eigenvalue weighted by atomic mass is 16.3. The molecule has 1 saturated heterocycles. The van der Waals surface area contributed by atoms with Gasteiger partial charge in [-0.15, -0.1) is 0 Å². The molecule has 1 heterocycles. The van der Waals surface area contributed by atoms with Gasteiger partial charge in [0.1, 0.15) is 5.75 Å². The van der Waals surface area contributed by atoms with E-state index in [1.165, 1.54) is 5.56 Å². The van der Waals surface area contributed by atoms with Crippen molar-refractivity contribution in [2.24, 2.45) is 5.73 Å². The largest absolute Gasteiger partial charge is 0.508 e. The third-order valence-electron chi connectivity index (χ3n) is 4.24. The summed E-state index contributed by atoms with van der Waals surface area (Å²) in [5.74, 6) is -0.119. The Morgan fingerprint density at radius 3 is 2.52 bits per heavy atom. The lowest BCUT2D eigenvalue weighted by Gasteiger charge is -2.38. The fraction of sp³-hybridized carbons (Fsp3) is 0.278. The maximum atomic E-state index is 11.2. The fourth-order valence-corrected chi connectivity index (χ4v) is 3.00. The van der Waals surface area contributed by atoms with E-state index in [1.807, 2.05) is 24.3 Å². The van der Waals surface area contributed by atoms with Crippen LogP contribution in [0.25, 0.3) is 0 Å². The Balaban J connectivity index is 1.77. The van der Waals surface area contributed by atoms with E-state index in [9.17, 15) is 9.90 Å². The Bertz CT molecular complexity index is 668. The minimum Gasteiger partial charge on any atom is -0.508 e. The van der Waals surface area contributed by atoms with Crippen molar-refractivity contribution in [3.05, 3.63) is 59.7 Å². The molecular weight excluding hydrogens is 290 g/mol. The maximum Gasteiger partial charge on any atom is 0.248 e. The first-order valence-corrected chi connectivity index (χ1v) is 7.78. The molecule has 2 aromatic carbocycles. The molecule has 0 bridgehead atoms. The highest BCUT2D eigenvalue weighted by Crippen LogP contribution is 2.22. The van der Waals surface area contributed by atoms with Crippen LogP contribution in [0, 0.1) is 0 Å². The lowest BCUT2D eigenvalue weighted by molar-refractivity contribution is 0.100. The number of hydrogen-bond acceptors (Lipinski definition) is 4. The van der Waals surface area contributed by atoms with Gasteiger partial charge in [-0.25, -0.2) is 0 Å². The normalized spacial score (nSPS) is 17.9. The van der Waals surface area contributed by atoms with Gasteiger partial charge in [0, 0.05) is 36.9 Å². The van der Waals surface area contributed by atoms with Gasteiger partial charge in [0.15, 0.2) is 0 Å². The van der Waals surface area contributed by atoms with Gasteiger partial charge in [-0.2, -0.15) is 0 Å². The number of primary amides is 1. The fourth-order valence-electron chi connectivity index (χ4n) is 3.00. The Labute approximate surface area is 135 Å². The number of phenols is 1. The van der Waals surface area contributed by atoms with Crippen molar-refractivity contribution in [3.8, 4) is 5.75 Å². The molecular formula is C18H21N3O2. The predicted octanol–water partition coefficient (Wildman–Crippen LogP) is 1.51. The zero-order valence-electron chi connectivity index (χ0n) is 12.9. The maximum absolute atomic E-state index is 11.2. The minimum absolute atomic E-state index is 0.286. The summed E-state index contributed by atoms with van der Waals surface area (Å²) >= 11 is 0. The molecule has 0 saturated carbocycles. The molecule has 120 valence electrons. The van der Waals surface area contributed by atoms with E-state index in [1.54, 1.807) is 24.3 Å². The molecule has 1 aliphatic heterocycles. The summed E-state index contributed by atoms with van der Waals surface area (Å²) in [4.78, 5) is 13.6. The molecule has 1 atom stereocenters. The molecule has 1 fully saturated rings. The number of rotatable bonds is 4. The molecule has 3 rings (SSSR count). The molecule has 0 aromatic heterocycles. The zero-order valence-corrected chi connectivity index (χ0v) is 12.9. The van der Waals surface area contributed by atoms with Gasteiger partial charge in [-0.05, 0) is 48.4 Å². The van der Waals surface area contributed by atoms with Crippen molar-refractivity contribution in [2.75, 3.05) is 24.5 Å². The second-order valence-electron chi connectivity index (χ2n) is 5.83. The Morgan fingerprint density at radius 1 is 1.17 bits per heavy atom. The van der Waals surface area contributed by atoms with Crippen molar-refractivity contribution < 1.29 is 9.90 Å². The summed E-state index contributed by atoms with van der Waals surface area (Å²) in [5.41, 5.74) is 8.12. The number of aromatic hydroxyl groups is 1. The van der Waals surface area contributed by atoms with Gasteiger partial charge in [0.05, 0.1) is 0 Å². The molecule has 5 heteroatoms. The average Bonchev–Trinajstić information content (AvgIpc) is 2.57. The zero-order chi connectivity index (χ0) is 16.2. The monoisotopic (exact) mass is 311 g/mol. The quantitative estimate of drug-likeness (QED) is 0.800. The van der Waals surface area contributed by atoms with E-state index in [2.05, 4.69) is 10.2 Å². The van der Waals surface area contributed by atoms with E-state index in [-0.39, 0.29) is 5.75 Å². The number of carbonyl (C=O) groups is 1. The Kier molecular flexibility index (Phi) is 4.48. The van der Waals surface area contributed by atoms with Crippen molar-refractivity contribution in [2.45, 2.75) is 12.5 Å². The first-order chi connectivity index (χ1) is 11.1. The Hall–Kier alpha value is -2.53. The molecule has 1 unspecified atom stereocenters. The molecule has 0 radical (unpaired) electrons. The number of carbonyl (C=O) groups excluding carboxylic acids is 1. The summed E-state index contributed by atoms with van der Waals surface area (Å²) in [5, 5.41) is 12.8. The van der Waals surface area contributed by atoms with Crippen LogP contribution in [0.4, 0.5) is 5.69 Å². The molecule has 5 nitrogen and oxygen atoms in total. The summed E-state index contributed by atoms with van der Waals surface area (Å²) in [6.07, 6.45) is 0.894. The molecule has 0 aliphatic carbocycles. The first kappa shape index (κ1) is 15.4. The number of nitrogens with zero attached hydrogens (tertiary/aromatic N) is 1. The molecule has 1 aliphatic rings. The number of piperazine rings is 1. The van der Waals surface area contributed by atoms with Gasteiger partial charge >= 0.3 is 0 Å². The first-order valence-electron chi connectivity index (χ1n) is 7.78. The molecule has 23 heavy (non-hydrogen) atoms. The smallest absolute Gasteiger partial charge is 0.248 e. The summed E-state index contributed by atoms with van der Waals surface area (Å²) in [6, 6.07) is 15.1. The van der Waals surface area contributed by atoms with E-state index >= 15 is 0 Å². The highest BCUT2D eigenvalue weighted by Gasteiger charge is 2.22. The summed E-state index contributed by atoms with van der Waals surface area (Å²) in [6.45, 7) is 2.75. The average molecular weight is 311 g/mol. The topological polar surface area (TPSA) is 78.6 Å². The molecule has 4 N–H and O–H groups in total. The third-order valence-corrected chi connectivity index (χ3v) is 4.24. The number of nitrogens with two attached hydrogens (primary N) is 1. The van der Waals surface area contributed by atoms with Crippen molar-refractivity contribution >= 4 is 11.6 Å². The van der Waals surface area contributed by atoms with Crippen LogP contribution in [0.3, 0.4) is 0 Å². The van der Waals surface area contributed by atoms with E-state index in [0.717, 1.165) is 31.7 Å². The van der Waals surface area contributed by atoms with Gasteiger partial charge in [0.25, 0.3) is 0 Å². The number of nitrogens with one attached hydrogen (secondary N) is 1. The number of phenolic OH excluding ortho intramolecular Hbond substituents is 1. The second-order valence-corrected chi connectivity index (χ2v) is 5.83. The number of amides is 1. The van der Waals surface area contributed by atoms with Crippen LogP contribution >= 0.6 is 0 Å².